The highest BCUT2D eigenvalue weighted by Crippen LogP contribution is 2.28. The fourth-order valence-corrected chi connectivity index (χ4v) is 5.85. The second-order valence-corrected chi connectivity index (χ2v) is 11.0. The van der Waals surface area contributed by atoms with Crippen LogP contribution in [0.5, 0.6) is 0 Å². The predicted octanol–water partition coefficient (Wildman–Crippen LogP) is 4.18. The highest BCUT2D eigenvalue weighted by atomic mass is 32.2. The third-order valence-electron chi connectivity index (χ3n) is 7.37. The summed E-state index contributed by atoms with van der Waals surface area (Å²) in [6.07, 6.45) is 5.99. The first-order chi connectivity index (χ1) is 18.1. The van der Waals surface area contributed by atoms with Gasteiger partial charge in [0.1, 0.15) is 0 Å². The molecule has 4 aromatic rings. The van der Waals surface area contributed by atoms with Gasteiger partial charge in [-0.05, 0) is 66.9 Å². The number of fused-ring (bicyclic) bond motifs is 1. The van der Waals surface area contributed by atoms with E-state index in [0.29, 0.717) is 12.0 Å². The van der Waals surface area contributed by atoms with Crippen LogP contribution in [0.3, 0.4) is 0 Å². The summed E-state index contributed by atoms with van der Waals surface area (Å²) in [5.74, 6) is 0.554. The Morgan fingerprint density at radius 2 is 1.68 bits per heavy atom. The molecular formula is C28H32N6O2S. The molecule has 9 heteroatoms. The Hall–Kier alpha value is -3.27. The molecule has 0 spiro atoms. The molecule has 2 aromatic carbocycles. The number of aromatic nitrogens is 3. The van der Waals surface area contributed by atoms with Crippen LogP contribution in [0, 0.1) is 0 Å². The molecule has 0 bridgehead atoms. The maximum absolute atomic E-state index is 11.7. The molecule has 0 saturated carbocycles. The van der Waals surface area contributed by atoms with Crippen molar-refractivity contribution in [3.8, 4) is 11.1 Å². The molecule has 1 unspecified atom stereocenters. The molecule has 8 nitrogen and oxygen atoms in total. The molecule has 0 amide bonds. The summed E-state index contributed by atoms with van der Waals surface area (Å²) in [7, 11) is -0.998. The summed E-state index contributed by atoms with van der Waals surface area (Å²) >= 11 is 0. The van der Waals surface area contributed by atoms with Crippen molar-refractivity contribution in [3.63, 3.8) is 0 Å². The summed E-state index contributed by atoms with van der Waals surface area (Å²) in [6, 6.07) is 21.0. The SMILES string of the molecule is CS(=O)c1ccc(-c2cccn3nc(Nc4ccc(N5CCC(N6CCOCC6)CC5)cc4)nc23)cc1. The number of morpholine rings is 1. The molecule has 4 heterocycles. The third kappa shape index (κ3) is 5.25. The van der Waals surface area contributed by atoms with Crippen molar-refractivity contribution in [2.45, 2.75) is 23.8 Å². The van der Waals surface area contributed by atoms with E-state index in [1.165, 1.54) is 18.5 Å². The molecule has 0 aliphatic carbocycles. The molecule has 1 atom stereocenters. The minimum atomic E-state index is -0.998. The van der Waals surface area contributed by atoms with E-state index in [4.69, 9.17) is 9.72 Å². The first-order valence-corrected chi connectivity index (χ1v) is 14.4. The van der Waals surface area contributed by atoms with E-state index < -0.39 is 10.8 Å². The summed E-state index contributed by atoms with van der Waals surface area (Å²) in [4.78, 5) is 10.7. The van der Waals surface area contributed by atoms with Crippen molar-refractivity contribution >= 4 is 33.8 Å². The molecule has 2 saturated heterocycles. The molecular weight excluding hydrogens is 484 g/mol. The Bertz CT molecular complexity index is 1370. The Kier molecular flexibility index (Phi) is 6.91. The van der Waals surface area contributed by atoms with E-state index in [2.05, 4.69) is 44.5 Å². The Morgan fingerprint density at radius 3 is 2.38 bits per heavy atom. The molecule has 1 N–H and O–H groups in total. The van der Waals surface area contributed by atoms with Crippen LogP contribution in [-0.2, 0) is 15.5 Å². The van der Waals surface area contributed by atoms with E-state index in [1.807, 2.05) is 42.6 Å². The van der Waals surface area contributed by atoms with E-state index in [1.54, 1.807) is 10.8 Å². The zero-order valence-electron chi connectivity index (χ0n) is 21.0. The van der Waals surface area contributed by atoms with E-state index in [-0.39, 0.29) is 0 Å². The van der Waals surface area contributed by atoms with Crippen molar-refractivity contribution in [1.82, 2.24) is 19.5 Å². The van der Waals surface area contributed by atoms with Gasteiger partial charge in [0.15, 0.2) is 5.65 Å². The zero-order chi connectivity index (χ0) is 25.2. The quantitative estimate of drug-likeness (QED) is 0.412. The molecule has 37 heavy (non-hydrogen) atoms. The monoisotopic (exact) mass is 516 g/mol. The smallest absolute Gasteiger partial charge is 0.247 e. The van der Waals surface area contributed by atoms with Gasteiger partial charge in [-0.1, -0.05) is 12.1 Å². The fourth-order valence-electron chi connectivity index (χ4n) is 5.33. The minimum Gasteiger partial charge on any atom is -0.379 e. The number of piperidine rings is 1. The van der Waals surface area contributed by atoms with E-state index in [9.17, 15) is 4.21 Å². The van der Waals surface area contributed by atoms with Gasteiger partial charge in [-0.15, -0.1) is 5.10 Å². The Morgan fingerprint density at radius 1 is 0.946 bits per heavy atom. The minimum absolute atomic E-state index is 0.554. The number of nitrogens with zero attached hydrogens (tertiary/aromatic N) is 5. The Balaban J connectivity index is 1.12. The molecule has 6 rings (SSSR count). The van der Waals surface area contributed by atoms with Crippen molar-refractivity contribution < 1.29 is 8.95 Å². The average Bonchev–Trinajstić information content (AvgIpc) is 3.37. The molecule has 0 radical (unpaired) electrons. The molecule has 2 aliphatic heterocycles. The number of hydrogen-bond donors (Lipinski definition) is 1. The first-order valence-electron chi connectivity index (χ1n) is 12.9. The summed E-state index contributed by atoms with van der Waals surface area (Å²) in [5, 5.41) is 7.98. The van der Waals surface area contributed by atoms with Crippen molar-refractivity contribution in [3.05, 3.63) is 66.9 Å². The van der Waals surface area contributed by atoms with E-state index >= 15 is 0 Å². The number of rotatable bonds is 6. The highest BCUT2D eigenvalue weighted by Gasteiger charge is 2.25. The van der Waals surface area contributed by atoms with Crippen LogP contribution >= 0.6 is 0 Å². The van der Waals surface area contributed by atoms with Gasteiger partial charge in [-0.3, -0.25) is 9.11 Å². The van der Waals surface area contributed by atoms with Gasteiger partial charge in [0.25, 0.3) is 0 Å². The predicted molar refractivity (Wildman–Crippen MR) is 148 cm³/mol. The normalized spacial score (nSPS) is 18.2. The lowest BCUT2D eigenvalue weighted by Gasteiger charge is -2.40. The number of benzene rings is 2. The van der Waals surface area contributed by atoms with Crippen LogP contribution in [0.1, 0.15) is 12.8 Å². The highest BCUT2D eigenvalue weighted by molar-refractivity contribution is 7.84. The van der Waals surface area contributed by atoms with Crippen LogP contribution < -0.4 is 10.2 Å². The van der Waals surface area contributed by atoms with Crippen LogP contribution in [0.25, 0.3) is 16.8 Å². The number of nitrogens with one attached hydrogen (secondary N) is 1. The van der Waals surface area contributed by atoms with Crippen LogP contribution in [-0.4, -0.2) is 75.4 Å². The molecule has 2 fully saturated rings. The molecule has 192 valence electrons. The fraction of sp³-hybridized carbons (Fsp3) is 0.357. The lowest BCUT2D eigenvalue weighted by molar-refractivity contribution is 0.0115. The lowest BCUT2D eigenvalue weighted by atomic mass is 10.0. The van der Waals surface area contributed by atoms with Gasteiger partial charge in [0.05, 0.1) is 13.2 Å². The van der Waals surface area contributed by atoms with Crippen molar-refractivity contribution in [2.75, 3.05) is 55.9 Å². The maximum Gasteiger partial charge on any atom is 0.247 e. The molecule has 2 aliphatic rings. The third-order valence-corrected chi connectivity index (χ3v) is 8.31. The van der Waals surface area contributed by atoms with Gasteiger partial charge >= 0.3 is 0 Å². The van der Waals surface area contributed by atoms with Crippen LogP contribution in [0.15, 0.2) is 71.8 Å². The van der Waals surface area contributed by atoms with Gasteiger partial charge in [-0.25, -0.2) is 4.52 Å². The number of hydrogen-bond acceptors (Lipinski definition) is 7. The summed E-state index contributed by atoms with van der Waals surface area (Å²) in [5.41, 5.74) is 4.98. The topological polar surface area (TPSA) is 75.0 Å². The number of pyridine rings is 1. The maximum atomic E-state index is 11.7. The first kappa shape index (κ1) is 24.1. The van der Waals surface area contributed by atoms with Gasteiger partial charge in [0, 0.05) is 77.3 Å². The second kappa shape index (κ2) is 10.6. The molecule has 2 aromatic heterocycles. The standard InChI is InChI=1S/C28H32N6O2S/c1-37(35)25-10-4-21(5-11-25)26-3-2-14-34-27(26)30-28(31-34)29-22-6-8-23(9-7-22)32-15-12-24(13-16-32)33-17-19-36-20-18-33/h2-11,14,24H,12-13,15-20H2,1H3,(H,29,31). The van der Waals surface area contributed by atoms with Crippen LogP contribution in [0.2, 0.25) is 0 Å². The van der Waals surface area contributed by atoms with Gasteiger partial charge in [0.2, 0.25) is 5.95 Å². The average molecular weight is 517 g/mol. The summed E-state index contributed by atoms with van der Waals surface area (Å²) in [6.45, 7) is 6.04. The summed E-state index contributed by atoms with van der Waals surface area (Å²) < 4.78 is 19.0. The second-order valence-electron chi connectivity index (χ2n) is 9.64. The van der Waals surface area contributed by atoms with Gasteiger partial charge < -0.3 is 15.0 Å². The van der Waals surface area contributed by atoms with Gasteiger partial charge in [-0.2, -0.15) is 4.98 Å². The largest absolute Gasteiger partial charge is 0.379 e. The van der Waals surface area contributed by atoms with E-state index in [0.717, 1.165) is 66.7 Å². The number of anilines is 3. The number of ether oxygens (including phenoxy) is 1. The van der Waals surface area contributed by atoms with Crippen molar-refractivity contribution in [2.24, 2.45) is 0 Å². The van der Waals surface area contributed by atoms with Crippen LogP contribution in [0.4, 0.5) is 17.3 Å². The lowest BCUT2D eigenvalue weighted by Crippen LogP contribution is -2.49. The van der Waals surface area contributed by atoms with Crippen molar-refractivity contribution in [1.29, 1.82) is 0 Å². The Labute approximate surface area is 219 Å². The zero-order valence-corrected chi connectivity index (χ0v) is 21.9.